The zero-order valence-corrected chi connectivity index (χ0v) is 15.6. The van der Waals surface area contributed by atoms with Crippen LogP contribution >= 0.6 is 11.3 Å². The summed E-state index contributed by atoms with van der Waals surface area (Å²) in [6.07, 6.45) is 1.75. The van der Waals surface area contributed by atoms with Crippen LogP contribution in [0.2, 0.25) is 0 Å². The number of para-hydroxylation sites is 2. The lowest BCUT2D eigenvalue weighted by Gasteiger charge is -2.20. The fourth-order valence-corrected chi connectivity index (χ4v) is 3.41. The third-order valence-corrected chi connectivity index (χ3v) is 5.47. The predicted molar refractivity (Wildman–Crippen MR) is 102 cm³/mol. The van der Waals surface area contributed by atoms with Crippen LogP contribution in [0.1, 0.15) is 31.2 Å². The van der Waals surface area contributed by atoms with Crippen LogP contribution in [0.5, 0.6) is 5.75 Å². The van der Waals surface area contributed by atoms with Gasteiger partial charge in [-0.2, -0.15) is 0 Å². The van der Waals surface area contributed by atoms with Crippen molar-refractivity contribution in [2.75, 3.05) is 5.32 Å². The first-order valence-corrected chi connectivity index (χ1v) is 9.02. The van der Waals surface area contributed by atoms with Crippen LogP contribution < -0.4 is 10.1 Å². The van der Waals surface area contributed by atoms with E-state index in [0.717, 1.165) is 27.5 Å². The quantitative estimate of drug-likeness (QED) is 0.668. The van der Waals surface area contributed by atoms with E-state index in [1.54, 1.807) is 17.7 Å². The van der Waals surface area contributed by atoms with E-state index in [-0.39, 0.29) is 6.10 Å². The molecule has 1 atom stereocenters. The Balaban J connectivity index is 1.98. The van der Waals surface area contributed by atoms with E-state index in [0.29, 0.717) is 5.92 Å². The molecule has 0 radical (unpaired) electrons. The maximum atomic E-state index is 6.12. The molecule has 2 heterocycles. The van der Waals surface area contributed by atoms with Crippen LogP contribution in [0.15, 0.2) is 30.6 Å². The normalized spacial score (nSPS) is 12.6. The lowest BCUT2D eigenvalue weighted by molar-refractivity contribution is 0.171. The van der Waals surface area contributed by atoms with Gasteiger partial charge in [-0.05, 0) is 44.4 Å². The Morgan fingerprint density at radius 3 is 2.58 bits per heavy atom. The number of hydrogen-bond donors (Lipinski definition) is 1. The minimum absolute atomic E-state index is 0.142. The summed E-state index contributed by atoms with van der Waals surface area (Å²) in [5.74, 6) is 2.12. The van der Waals surface area contributed by atoms with Crippen LogP contribution in [0.25, 0.3) is 10.2 Å². The zero-order valence-electron chi connectivity index (χ0n) is 14.8. The third kappa shape index (κ3) is 3.22. The molecule has 0 fully saturated rings. The average Bonchev–Trinajstić information content (AvgIpc) is 2.85. The minimum Gasteiger partial charge on any atom is -0.488 e. The SMILES string of the molecule is Cc1sc2ncnc(Nc3ccccc3OC(C)C(C)C)c2c1C. The van der Waals surface area contributed by atoms with Crippen LogP contribution in [-0.2, 0) is 0 Å². The summed E-state index contributed by atoms with van der Waals surface area (Å²) in [6, 6.07) is 8.00. The number of nitrogens with zero attached hydrogens (tertiary/aromatic N) is 2. The van der Waals surface area contributed by atoms with E-state index in [2.05, 4.69) is 49.9 Å². The smallest absolute Gasteiger partial charge is 0.143 e. The van der Waals surface area contributed by atoms with E-state index in [9.17, 15) is 0 Å². The van der Waals surface area contributed by atoms with Gasteiger partial charge >= 0.3 is 0 Å². The van der Waals surface area contributed by atoms with Gasteiger partial charge in [-0.25, -0.2) is 9.97 Å². The molecule has 0 aliphatic carbocycles. The number of nitrogens with one attached hydrogen (secondary N) is 1. The first-order chi connectivity index (χ1) is 11.5. The molecule has 3 rings (SSSR count). The molecule has 0 saturated carbocycles. The molecule has 1 aromatic carbocycles. The van der Waals surface area contributed by atoms with Crippen molar-refractivity contribution in [2.45, 2.75) is 40.7 Å². The summed E-state index contributed by atoms with van der Waals surface area (Å²) in [7, 11) is 0. The molecule has 0 aliphatic rings. The highest BCUT2D eigenvalue weighted by Gasteiger charge is 2.15. The van der Waals surface area contributed by atoms with Crippen molar-refractivity contribution >= 4 is 33.1 Å². The molecule has 3 aromatic rings. The van der Waals surface area contributed by atoms with Crippen molar-refractivity contribution in [1.29, 1.82) is 0 Å². The van der Waals surface area contributed by atoms with Gasteiger partial charge in [0.05, 0.1) is 17.2 Å². The number of hydrogen-bond acceptors (Lipinski definition) is 5. The minimum atomic E-state index is 0.142. The van der Waals surface area contributed by atoms with Crippen LogP contribution in [0, 0.1) is 19.8 Å². The maximum absolute atomic E-state index is 6.12. The largest absolute Gasteiger partial charge is 0.488 e. The van der Waals surface area contributed by atoms with Crippen molar-refractivity contribution in [1.82, 2.24) is 9.97 Å². The van der Waals surface area contributed by atoms with Crippen LogP contribution in [0.4, 0.5) is 11.5 Å². The summed E-state index contributed by atoms with van der Waals surface area (Å²) in [6.45, 7) is 10.6. The van der Waals surface area contributed by atoms with Gasteiger partial charge in [0.15, 0.2) is 0 Å². The molecule has 1 N–H and O–H groups in total. The van der Waals surface area contributed by atoms with E-state index < -0.39 is 0 Å². The molecule has 24 heavy (non-hydrogen) atoms. The van der Waals surface area contributed by atoms with Gasteiger partial charge in [-0.3, -0.25) is 0 Å². The van der Waals surface area contributed by atoms with Crippen molar-refractivity contribution in [3.05, 3.63) is 41.0 Å². The molecule has 126 valence electrons. The molecular formula is C19H23N3OS. The molecule has 0 aliphatic heterocycles. The van der Waals surface area contributed by atoms with Crippen molar-refractivity contribution < 1.29 is 4.74 Å². The van der Waals surface area contributed by atoms with Gasteiger partial charge in [0.1, 0.15) is 22.7 Å². The number of ether oxygens (including phenoxy) is 1. The molecule has 4 nitrogen and oxygen atoms in total. The van der Waals surface area contributed by atoms with Crippen molar-refractivity contribution in [3.63, 3.8) is 0 Å². The topological polar surface area (TPSA) is 47.0 Å². The number of anilines is 2. The van der Waals surface area contributed by atoms with E-state index in [1.807, 2.05) is 24.3 Å². The number of aryl methyl sites for hydroxylation is 2. The van der Waals surface area contributed by atoms with E-state index >= 15 is 0 Å². The summed E-state index contributed by atoms with van der Waals surface area (Å²) >= 11 is 1.70. The first kappa shape index (κ1) is 16.7. The molecular weight excluding hydrogens is 318 g/mol. The standard InChI is InChI=1S/C19H23N3OS/c1-11(2)13(4)23-16-9-7-6-8-15(16)22-18-17-12(3)14(5)24-19(17)21-10-20-18/h6-11,13H,1-5H3,(H,20,21,22). The number of thiophene rings is 1. The second-order valence-electron chi connectivity index (χ2n) is 6.37. The number of rotatable bonds is 5. The second-order valence-corrected chi connectivity index (χ2v) is 7.58. The lowest BCUT2D eigenvalue weighted by Crippen LogP contribution is -2.19. The Kier molecular flexibility index (Phi) is 4.71. The Morgan fingerprint density at radius 2 is 1.83 bits per heavy atom. The number of benzene rings is 1. The van der Waals surface area contributed by atoms with Crippen LogP contribution in [0.3, 0.4) is 0 Å². The Hall–Kier alpha value is -2.14. The molecule has 0 bridgehead atoms. The Bertz CT molecular complexity index is 857. The fraction of sp³-hybridized carbons (Fsp3) is 0.368. The van der Waals surface area contributed by atoms with Gasteiger partial charge in [0.2, 0.25) is 0 Å². The molecule has 0 saturated heterocycles. The highest BCUT2D eigenvalue weighted by Crippen LogP contribution is 2.36. The molecule has 0 amide bonds. The van der Waals surface area contributed by atoms with Crippen molar-refractivity contribution in [2.24, 2.45) is 5.92 Å². The average molecular weight is 341 g/mol. The first-order valence-electron chi connectivity index (χ1n) is 8.20. The number of fused-ring (bicyclic) bond motifs is 1. The predicted octanol–water partition coefficient (Wildman–Crippen LogP) is 5.48. The van der Waals surface area contributed by atoms with Crippen LogP contribution in [-0.4, -0.2) is 16.1 Å². The summed E-state index contributed by atoms with van der Waals surface area (Å²) in [4.78, 5) is 11.1. The fourth-order valence-electron chi connectivity index (χ4n) is 2.41. The Morgan fingerprint density at radius 1 is 1.08 bits per heavy atom. The van der Waals surface area contributed by atoms with Gasteiger partial charge in [-0.1, -0.05) is 26.0 Å². The molecule has 5 heteroatoms. The molecule has 2 aromatic heterocycles. The summed E-state index contributed by atoms with van der Waals surface area (Å²) in [5.41, 5.74) is 2.15. The molecule has 1 unspecified atom stereocenters. The second kappa shape index (κ2) is 6.77. The highest BCUT2D eigenvalue weighted by molar-refractivity contribution is 7.18. The van der Waals surface area contributed by atoms with Gasteiger partial charge < -0.3 is 10.1 Å². The van der Waals surface area contributed by atoms with Gasteiger partial charge in [0.25, 0.3) is 0 Å². The summed E-state index contributed by atoms with van der Waals surface area (Å²) in [5, 5.41) is 4.53. The van der Waals surface area contributed by atoms with Crippen molar-refractivity contribution in [3.8, 4) is 5.75 Å². The van der Waals surface area contributed by atoms with Gasteiger partial charge in [-0.15, -0.1) is 11.3 Å². The monoisotopic (exact) mass is 341 g/mol. The highest BCUT2D eigenvalue weighted by atomic mass is 32.1. The van der Waals surface area contributed by atoms with Gasteiger partial charge in [0, 0.05) is 4.88 Å². The molecule has 0 spiro atoms. The summed E-state index contributed by atoms with van der Waals surface area (Å²) < 4.78 is 6.12. The lowest BCUT2D eigenvalue weighted by atomic mass is 10.1. The third-order valence-electron chi connectivity index (χ3n) is 4.36. The number of aromatic nitrogens is 2. The zero-order chi connectivity index (χ0) is 17.3. The Labute approximate surface area is 146 Å². The van der Waals surface area contributed by atoms with E-state index in [1.165, 1.54) is 10.4 Å². The van der Waals surface area contributed by atoms with E-state index in [4.69, 9.17) is 4.74 Å². The maximum Gasteiger partial charge on any atom is 0.143 e.